The van der Waals surface area contributed by atoms with Gasteiger partial charge in [-0.15, -0.1) is 0 Å². The van der Waals surface area contributed by atoms with Crippen molar-refractivity contribution in [2.75, 3.05) is 39.6 Å². The smallest absolute Gasteiger partial charge is 0.119 e. The van der Waals surface area contributed by atoms with Crippen molar-refractivity contribution < 1.29 is 4.74 Å². The summed E-state index contributed by atoms with van der Waals surface area (Å²) in [6.45, 7) is 2.10. The molecule has 1 heterocycles. The number of unbranched alkanes of at least 4 members (excludes halogenated alkanes) is 3. The Balaban J connectivity index is 1.80. The first-order valence-electron chi connectivity index (χ1n) is 9.54. The zero-order valence-electron chi connectivity index (χ0n) is 16.4. The molecule has 0 saturated heterocycles. The summed E-state index contributed by atoms with van der Waals surface area (Å²) < 4.78 is 5.42. The first-order valence-corrected chi connectivity index (χ1v) is 9.92. The van der Waals surface area contributed by atoms with E-state index in [-0.39, 0.29) is 0 Å². The van der Waals surface area contributed by atoms with Gasteiger partial charge in [0.15, 0.2) is 0 Å². The second-order valence-electron chi connectivity index (χ2n) is 7.18. The van der Waals surface area contributed by atoms with Gasteiger partial charge in [0.2, 0.25) is 0 Å². The van der Waals surface area contributed by atoms with Gasteiger partial charge in [-0.05, 0) is 69.9 Å². The van der Waals surface area contributed by atoms with Gasteiger partial charge in [0.25, 0.3) is 0 Å². The number of nitrogens with zero attached hydrogens (tertiary/aromatic N) is 2. The van der Waals surface area contributed by atoms with E-state index in [1.165, 1.54) is 19.3 Å². The minimum absolute atomic E-state index is 0.703. The zero-order chi connectivity index (χ0) is 19.2. The number of rotatable bonds is 9. The lowest BCUT2D eigenvalue weighted by Crippen LogP contribution is -2.12. The molecule has 1 aromatic heterocycles. The number of pyridine rings is 1. The molecule has 0 aliphatic rings. The summed E-state index contributed by atoms with van der Waals surface area (Å²) in [5.41, 5.74) is 2.96. The lowest BCUT2D eigenvalue weighted by molar-refractivity contribution is 0.391. The standard InChI is InChI=1S/C22H28ClN3O/c1-26(2)13-7-5-4-6-12-24-22-18-10-8-16(23)14-21(18)25-20-11-9-17(27-3)15-19(20)22/h8-11,14-15H,4-7,12-13H2,1-3H3,(H,24,25). The van der Waals surface area contributed by atoms with Gasteiger partial charge in [-0.1, -0.05) is 24.4 Å². The van der Waals surface area contributed by atoms with E-state index in [0.717, 1.165) is 52.8 Å². The molecule has 0 aliphatic carbocycles. The number of halogens is 1. The van der Waals surface area contributed by atoms with E-state index in [1.807, 2.05) is 30.3 Å². The molecule has 144 valence electrons. The Morgan fingerprint density at radius 2 is 1.78 bits per heavy atom. The van der Waals surface area contributed by atoms with Gasteiger partial charge in [-0.2, -0.15) is 0 Å². The molecule has 0 aliphatic heterocycles. The normalized spacial score (nSPS) is 11.4. The number of fused-ring (bicyclic) bond motifs is 2. The predicted octanol–water partition coefficient (Wildman–Crippen LogP) is 5.58. The average molecular weight is 386 g/mol. The minimum Gasteiger partial charge on any atom is -0.497 e. The largest absolute Gasteiger partial charge is 0.497 e. The topological polar surface area (TPSA) is 37.4 Å². The van der Waals surface area contributed by atoms with Gasteiger partial charge in [0.1, 0.15) is 5.75 Å². The molecule has 2 aromatic carbocycles. The van der Waals surface area contributed by atoms with Gasteiger partial charge in [0.05, 0.1) is 23.8 Å². The highest BCUT2D eigenvalue weighted by atomic mass is 35.5. The third-order valence-electron chi connectivity index (χ3n) is 4.78. The minimum atomic E-state index is 0.703. The Morgan fingerprint density at radius 3 is 2.56 bits per heavy atom. The predicted molar refractivity (Wildman–Crippen MR) is 116 cm³/mol. The van der Waals surface area contributed by atoms with Crippen LogP contribution in [0.2, 0.25) is 5.02 Å². The van der Waals surface area contributed by atoms with E-state index >= 15 is 0 Å². The summed E-state index contributed by atoms with van der Waals surface area (Å²) in [6, 6.07) is 11.9. The molecule has 0 radical (unpaired) electrons. The number of hydrogen-bond acceptors (Lipinski definition) is 4. The second-order valence-corrected chi connectivity index (χ2v) is 7.61. The average Bonchev–Trinajstić information content (AvgIpc) is 2.65. The number of benzene rings is 2. The molecular weight excluding hydrogens is 358 g/mol. The molecule has 5 heteroatoms. The Kier molecular flexibility index (Phi) is 6.75. The van der Waals surface area contributed by atoms with Crippen molar-refractivity contribution in [1.29, 1.82) is 0 Å². The lowest BCUT2D eigenvalue weighted by Gasteiger charge is -2.14. The molecule has 3 rings (SSSR count). The van der Waals surface area contributed by atoms with Gasteiger partial charge < -0.3 is 15.0 Å². The van der Waals surface area contributed by atoms with Crippen LogP contribution in [-0.4, -0.2) is 44.2 Å². The highest BCUT2D eigenvalue weighted by Gasteiger charge is 2.10. The van der Waals surface area contributed by atoms with Crippen molar-refractivity contribution in [3.8, 4) is 5.75 Å². The van der Waals surface area contributed by atoms with Crippen LogP contribution in [0.1, 0.15) is 25.7 Å². The molecule has 1 N–H and O–H groups in total. The van der Waals surface area contributed by atoms with Crippen LogP contribution in [0.25, 0.3) is 21.8 Å². The van der Waals surface area contributed by atoms with E-state index in [9.17, 15) is 0 Å². The molecule has 4 nitrogen and oxygen atoms in total. The Labute approximate surface area is 166 Å². The van der Waals surface area contributed by atoms with Crippen LogP contribution >= 0.6 is 11.6 Å². The third-order valence-corrected chi connectivity index (χ3v) is 5.01. The first-order chi connectivity index (χ1) is 13.1. The molecule has 0 atom stereocenters. The summed E-state index contributed by atoms with van der Waals surface area (Å²) in [7, 11) is 5.94. The fraction of sp³-hybridized carbons (Fsp3) is 0.409. The Hall–Kier alpha value is -2.04. The lowest BCUT2D eigenvalue weighted by atomic mass is 10.1. The number of anilines is 1. The second kappa shape index (κ2) is 9.25. The van der Waals surface area contributed by atoms with Crippen LogP contribution < -0.4 is 10.1 Å². The molecule has 0 fully saturated rings. The number of ether oxygens (including phenoxy) is 1. The molecule has 0 bridgehead atoms. The highest BCUT2D eigenvalue weighted by Crippen LogP contribution is 2.34. The van der Waals surface area contributed by atoms with E-state index in [2.05, 4.69) is 30.4 Å². The molecule has 0 saturated carbocycles. The zero-order valence-corrected chi connectivity index (χ0v) is 17.1. The molecule has 0 amide bonds. The van der Waals surface area contributed by atoms with Gasteiger partial charge in [-0.25, -0.2) is 4.98 Å². The summed E-state index contributed by atoms with van der Waals surface area (Å²) in [5, 5.41) is 6.53. The highest BCUT2D eigenvalue weighted by molar-refractivity contribution is 6.31. The third kappa shape index (κ3) is 5.02. The maximum Gasteiger partial charge on any atom is 0.119 e. The van der Waals surface area contributed by atoms with Gasteiger partial charge in [-0.3, -0.25) is 0 Å². The van der Waals surface area contributed by atoms with Gasteiger partial charge >= 0.3 is 0 Å². The van der Waals surface area contributed by atoms with Crippen LogP contribution in [-0.2, 0) is 0 Å². The summed E-state index contributed by atoms with van der Waals surface area (Å²) >= 11 is 6.18. The van der Waals surface area contributed by atoms with E-state index in [1.54, 1.807) is 7.11 Å². The van der Waals surface area contributed by atoms with Crippen LogP contribution in [0.5, 0.6) is 5.75 Å². The molecule has 0 unspecified atom stereocenters. The fourth-order valence-electron chi connectivity index (χ4n) is 3.33. The maximum atomic E-state index is 6.18. The van der Waals surface area contributed by atoms with Crippen molar-refractivity contribution >= 4 is 39.1 Å². The van der Waals surface area contributed by atoms with Crippen LogP contribution in [0.3, 0.4) is 0 Å². The van der Waals surface area contributed by atoms with Crippen molar-refractivity contribution in [3.05, 3.63) is 41.4 Å². The van der Waals surface area contributed by atoms with Crippen LogP contribution in [0.4, 0.5) is 5.69 Å². The molecule has 3 aromatic rings. The van der Waals surface area contributed by atoms with E-state index in [4.69, 9.17) is 21.3 Å². The number of aromatic nitrogens is 1. The molecule has 27 heavy (non-hydrogen) atoms. The summed E-state index contributed by atoms with van der Waals surface area (Å²) in [6.07, 6.45) is 4.90. The summed E-state index contributed by atoms with van der Waals surface area (Å²) in [4.78, 5) is 7.02. The maximum absolute atomic E-state index is 6.18. The van der Waals surface area contributed by atoms with E-state index in [0.29, 0.717) is 5.02 Å². The summed E-state index contributed by atoms with van der Waals surface area (Å²) in [5.74, 6) is 0.837. The van der Waals surface area contributed by atoms with Crippen molar-refractivity contribution in [2.24, 2.45) is 0 Å². The van der Waals surface area contributed by atoms with Crippen molar-refractivity contribution in [3.63, 3.8) is 0 Å². The molecule has 0 spiro atoms. The first kappa shape index (κ1) is 19.7. The van der Waals surface area contributed by atoms with Crippen LogP contribution in [0.15, 0.2) is 36.4 Å². The van der Waals surface area contributed by atoms with Gasteiger partial charge in [0, 0.05) is 22.3 Å². The van der Waals surface area contributed by atoms with Crippen molar-refractivity contribution in [2.45, 2.75) is 25.7 Å². The Bertz CT molecular complexity index is 911. The number of methoxy groups -OCH3 is 1. The number of hydrogen-bond donors (Lipinski definition) is 1. The number of nitrogens with one attached hydrogen (secondary N) is 1. The SMILES string of the molecule is COc1ccc2nc3cc(Cl)ccc3c(NCCCCCCN(C)C)c2c1. The monoisotopic (exact) mass is 385 g/mol. The van der Waals surface area contributed by atoms with Crippen LogP contribution in [0, 0.1) is 0 Å². The molecular formula is C22H28ClN3O. The van der Waals surface area contributed by atoms with E-state index < -0.39 is 0 Å². The fourth-order valence-corrected chi connectivity index (χ4v) is 3.50. The quantitative estimate of drug-likeness (QED) is 0.385. The Morgan fingerprint density at radius 1 is 0.963 bits per heavy atom. The van der Waals surface area contributed by atoms with Crippen molar-refractivity contribution in [1.82, 2.24) is 9.88 Å².